The number of nitrogens with one attached hydrogen (secondary N) is 1. The number of hydrogen-bond donors (Lipinski definition) is 1. The van der Waals surface area contributed by atoms with Crippen LogP contribution in [0.5, 0.6) is 11.5 Å². The second-order valence-corrected chi connectivity index (χ2v) is 8.90. The van der Waals surface area contributed by atoms with E-state index < -0.39 is 0 Å². The van der Waals surface area contributed by atoms with E-state index in [2.05, 4.69) is 21.2 Å². The van der Waals surface area contributed by atoms with Crippen molar-refractivity contribution in [3.63, 3.8) is 0 Å². The predicted molar refractivity (Wildman–Crippen MR) is 107 cm³/mol. The van der Waals surface area contributed by atoms with Gasteiger partial charge < -0.3 is 14.8 Å². The van der Waals surface area contributed by atoms with Crippen LogP contribution in [-0.4, -0.2) is 22.8 Å². The maximum atomic E-state index is 12.9. The highest BCUT2D eigenvalue weighted by Gasteiger charge is 2.67. The van der Waals surface area contributed by atoms with Gasteiger partial charge in [0.1, 0.15) is 17.6 Å². The molecule has 1 saturated heterocycles. The number of esters is 1. The summed E-state index contributed by atoms with van der Waals surface area (Å²) in [5.74, 6) is 0.871. The molecule has 3 fully saturated rings. The molecule has 2 bridgehead atoms. The van der Waals surface area contributed by atoms with Gasteiger partial charge in [0.05, 0.1) is 16.7 Å². The molecule has 0 unspecified atom stereocenters. The minimum Gasteiger partial charge on any atom is -0.461 e. The molecule has 0 spiro atoms. The number of halogens is 1. The molecule has 1 amide bonds. The zero-order chi connectivity index (χ0) is 19.4. The van der Waals surface area contributed by atoms with Crippen LogP contribution < -0.4 is 10.1 Å². The number of hydrogen-bond acceptors (Lipinski definition) is 4. The van der Waals surface area contributed by atoms with Crippen molar-refractivity contribution in [3.8, 4) is 11.5 Å². The third kappa shape index (κ3) is 2.73. The number of rotatable bonds is 4. The molecule has 2 aromatic rings. The van der Waals surface area contributed by atoms with E-state index in [1.54, 1.807) is 0 Å². The lowest BCUT2D eigenvalue weighted by molar-refractivity contribution is -0.145. The Hall–Kier alpha value is -2.34. The first-order chi connectivity index (χ1) is 13.5. The van der Waals surface area contributed by atoms with E-state index in [-0.39, 0.29) is 46.5 Å². The molecular formula is C22H20BrNO4. The molecule has 1 heterocycles. The lowest BCUT2D eigenvalue weighted by atomic mass is 9.79. The van der Waals surface area contributed by atoms with Crippen molar-refractivity contribution < 1.29 is 19.1 Å². The third-order valence-electron chi connectivity index (χ3n) is 6.27. The van der Waals surface area contributed by atoms with Crippen molar-refractivity contribution in [1.29, 1.82) is 0 Å². The molecule has 0 radical (unpaired) electrons. The summed E-state index contributed by atoms with van der Waals surface area (Å²) in [4.78, 5) is 25.2. The summed E-state index contributed by atoms with van der Waals surface area (Å²) in [5, 5.41) is 2.97. The molecule has 28 heavy (non-hydrogen) atoms. The number of carbonyl (C=O) groups is 2. The molecule has 3 aliphatic rings. The Balaban J connectivity index is 1.28. The smallest absolute Gasteiger partial charge is 0.310 e. The Morgan fingerprint density at radius 1 is 1.14 bits per heavy atom. The van der Waals surface area contributed by atoms with E-state index in [1.807, 2.05) is 55.5 Å². The summed E-state index contributed by atoms with van der Waals surface area (Å²) in [6.45, 7) is 2.00. The molecule has 1 N–H and O–H groups in total. The van der Waals surface area contributed by atoms with Gasteiger partial charge in [0.15, 0.2) is 0 Å². The average molecular weight is 442 g/mol. The molecule has 1 aliphatic heterocycles. The van der Waals surface area contributed by atoms with Gasteiger partial charge in [-0.15, -0.1) is 0 Å². The van der Waals surface area contributed by atoms with Crippen LogP contribution in [0.2, 0.25) is 0 Å². The molecule has 2 aliphatic carbocycles. The van der Waals surface area contributed by atoms with Gasteiger partial charge in [0.2, 0.25) is 5.91 Å². The molecule has 5 nitrogen and oxygen atoms in total. The SMILES string of the molecule is Cc1ccccc1Oc1ccc(NC(=O)[C@H]2[C@@H]3C[C@H]4[C@H](OC(=O)[C@@H]42)[C@@H]3Br)cc1. The van der Waals surface area contributed by atoms with Crippen molar-refractivity contribution in [2.45, 2.75) is 24.3 Å². The Labute approximate surface area is 171 Å². The van der Waals surface area contributed by atoms with Gasteiger partial charge in [-0.05, 0) is 55.2 Å². The Morgan fingerprint density at radius 3 is 2.64 bits per heavy atom. The second kappa shape index (κ2) is 6.62. The van der Waals surface area contributed by atoms with Crippen LogP contribution in [0.4, 0.5) is 5.69 Å². The van der Waals surface area contributed by atoms with Crippen LogP contribution >= 0.6 is 15.9 Å². The average Bonchev–Trinajstić information content (AvgIpc) is 3.29. The zero-order valence-electron chi connectivity index (χ0n) is 15.3. The standard InChI is InChI=1S/C22H20BrNO4/c1-11-4-2-3-5-16(11)27-13-8-6-12(7-9-13)24-21(25)17-14-10-15-18(17)22(26)28-20(15)19(14)23/h2-9,14-15,17-20H,10H2,1H3,(H,24,25)/t14-,15+,17-,18-,19+,20-/m0/s1. The Morgan fingerprint density at radius 2 is 1.89 bits per heavy atom. The number of anilines is 1. The highest BCUT2D eigenvalue weighted by atomic mass is 79.9. The number of alkyl halides is 1. The lowest BCUT2D eigenvalue weighted by Gasteiger charge is -2.27. The molecule has 144 valence electrons. The number of benzene rings is 2. The zero-order valence-corrected chi connectivity index (χ0v) is 16.9. The van der Waals surface area contributed by atoms with Crippen molar-refractivity contribution in [3.05, 3.63) is 54.1 Å². The third-order valence-corrected chi connectivity index (χ3v) is 7.47. The van der Waals surface area contributed by atoms with Crippen molar-refractivity contribution in [1.82, 2.24) is 0 Å². The summed E-state index contributed by atoms with van der Waals surface area (Å²) in [6, 6.07) is 15.1. The number of fused-ring (bicyclic) bond motifs is 1. The van der Waals surface area contributed by atoms with E-state index in [0.717, 1.165) is 17.7 Å². The second-order valence-electron chi connectivity index (χ2n) is 7.84. The van der Waals surface area contributed by atoms with Crippen LogP contribution in [0.25, 0.3) is 0 Å². The van der Waals surface area contributed by atoms with Gasteiger partial charge in [-0.1, -0.05) is 34.1 Å². The Bertz CT molecular complexity index is 944. The topological polar surface area (TPSA) is 64.6 Å². The van der Waals surface area contributed by atoms with Crippen LogP contribution in [0.1, 0.15) is 12.0 Å². The first-order valence-electron chi connectivity index (χ1n) is 9.52. The predicted octanol–water partition coefficient (Wildman–Crippen LogP) is 4.30. The van der Waals surface area contributed by atoms with E-state index in [4.69, 9.17) is 9.47 Å². The fourth-order valence-electron chi connectivity index (χ4n) is 4.96. The highest BCUT2D eigenvalue weighted by molar-refractivity contribution is 9.09. The van der Waals surface area contributed by atoms with Gasteiger partial charge in [0, 0.05) is 11.6 Å². The first-order valence-corrected chi connectivity index (χ1v) is 10.4. The molecule has 0 aromatic heterocycles. The van der Waals surface area contributed by atoms with Crippen molar-refractivity contribution in [2.75, 3.05) is 5.32 Å². The fourth-order valence-corrected chi connectivity index (χ4v) is 6.00. The van der Waals surface area contributed by atoms with Crippen LogP contribution in [-0.2, 0) is 14.3 Å². The number of amides is 1. The number of para-hydroxylation sites is 1. The monoisotopic (exact) mass is 441 g/mol. The molecule has 2 aromatic carbocycles. The van der Waals surface area contributed by atoms with Gasteiger partial charge >= 0.3 is 5.97 Å². The highest BCUT2D eigenvalue weighted by Crippen LogP contribution is 2.60. The minimum atomic E-state index is -0.330. The number of ether oxygens (including phenoxy) is 2. The van der Waals surface area contributed by atoms with E-state index in [0.29, 0.717) is 11.4 Å². The van der Waals surface area contributed by atoms with Crippen molar-refractivity contribution >= 4 is 33.5 Å². The number of aryl methyl sites for hydroxylation is 1. The van der Waals surface area contributed by atoms with Crippen LogP contribution in [0.3, 0.4) is 0 Å². The minimum absolute atomic E-state index is 0.0653. The fraction of sp³-hybridized carbons (Fsp3) is 0.364. The van der Waals surface area contributed by atoms with Crippen molar-refractivity contribution in [2.24, 2.45) is 23.7 Å². The molecule has 6 atom stereocenters. The van der Waals surface area contributed by atoms with Gasteiger partial charge in [-0.3, -0.25) is 9.59 Å². The molecule has 2 saturated carbocycles. The summed E-state index contributed by atoms with van der Waals surface area (Å²) < 4.78 is 11.4. The lowest BCUT2D eigenvalue weighted by Crippen LogP contribution is -2.40. The van der Waals surface area contributed by atoms with Gasteiger partial charge in [-0.2, -0.15) is 0 Å². The summed E-state index contributed by atoms with van der Waals surface area (Å²) in [7, 11) is 0. The quantitative estimate of drug-likeness (QED) is 0.567. The largest absolute Gasteiger partial charge is 0.461 e. The number of carbonyl (C=O) groups excluding carboxylic acids is 2. The normalized spacial score (nSPS) is 32.3. The van der Waals surface area contributed by atoms with E-state index in [9.17, 15) is 9.59 Å². The Kier molecular flexibility index (Phi) is 4.19. The molecule has 5 rings (SSSR count). The summed E-state index contributed by atoms with van der Waals surface area (Å²) >= 11 is 3.64. The van der Waals surface area contributed by atoms with Crippen LogP contribution in [0.15, 0.2) is 48.5 Å². The van der Waals surface area contributed by atoms with Gasteiger partial charge in [-0.25, -0.2) is 0 Å². The van der Waals surface area contributed by atoms with E-state index >= 15 is 0 Å². The molecule has 6 heteroatoms. The van der Waals surface area contributed by atoms with E-state index in [1.165, 1.54) is 0 Å². The van der Waals surface area contributed by atoms with Gasteiger partial charge in [0.25, 0.3) is 0 Å². The first kappa shape index (κ1) is 17.7. The van der Waals surface area contributed by atoms with Crippen LogP contribution in [0, 0.1) is 30.6 Å². The summed E-state index contributed by atoms with van der Waals surface area (Å²) in [6.07, 6.45) is 0.808. The summed E-state index contributed by atoms with van der Waals surface area (Å²) in [5.41, 5.74) is 1.75. The maximum Gasteiger partial charge on any atom is 0.310 e. The maximum absolute atomic E-state index is 12.9. The molecular weight excluding hydrogens is 422 g/mol.